The Hall–Kier alpha value is -2.47. The first-order valence-electron chi connectivity index (χ1n) is 12.1. The molecule has 1 saturated heterocycles. The molecule has 1 fully saturated rings. The predicted octanol–water partition coefficient (Wildman–Crippen LogP) is 6.08. The highest BCUT2D eigenvalue weighted by Gasteiger charge is 2.27. The van der Waals surface area contributed by atoms with Gasteiger partial charge < -0.3 is 4.74 Å². The van der Waals surface area contributed by atoms with E-state index in [9.17, 15) is 4.39 Å². The lowest BCUT2D eigenvalue weighted by Crippen LogP contribution is -2.41. The molecular weight excluding hydrogens is 449 g/mol. The summed E-state index contributed by atoms with van der Waals surface area (Å²) in [5.74, 6) is 0.657. The third kappa shape index (κ3) is 6.56. The molecule has 3 aromatic rings. The Morgan fingerprint density at radius 3 is 2.47 bits per heavy atom. The van der Waals surface area contributed by atoms with Crippen LogP contribution in [0.1, 0.15) is 37.1 Å². The normalized spacial score (nSPS) is 16.0. The lowest BCUT2D eigenvalue weighted by atomic mass is 9.93. The number of aromatic nitrogens is 1. The third-order valence-corrected chi connectivity index (χ3v) is 6.88. The number of nitrogens with zero attached hydrogens (tertiary/aromatic N) is 3. The number of rotatable bonds is 10. The van der Waals surface area contributed by atoms with E-state index in [-0.39, 0.29) is 11.9 Å². The molecule has 0 bridgehead atoms. The molecule has 1 aliphatic rings. The molecule has 1 unspecified atom stereocenters. The summed E-state index contributed by atoms with van der Waals surface area (Å²) in [6, 6.07) is 21.0. The Morgan fingerprint density at radius 1 is 1.06 bits per heavy atom. The maximum absolute atomic E-state index is 13.7. The molecule has 4 rings (SSSR count). The van der Waals surface area contributed by atoms with Crippen molar-refractivity contribution in [1.29, 1.82) is 0 Å². The molecule has 1 atom stereocenters. The summed E-state index contributed by atoms with van der Waals surface area (Å²) in [6.07, 6.45) is 4.16. The van der Waals surface area contributed by atoms with Gasteiger partial charge in [-0.25, -0.2) is 4.39 Å². The molecule has 180 valence electrons. The minimum atomic E-state index is -0.302. The van der Waals surface area contributed by atoms with Crippen molar-refractivity contribution in [2.24, 2.45) is 5.92 Å². The van der Waals surface area contributed by atoms with Gasteiger partial charge in [-0.3, -0.25) is 14.8 Å². The standard InChI is InChI=1S/C28H33ClFN3O/c1-2-33(28(26-8-5-6-16-31-26)23-10-12-24(29)13-11-23)21-22-14-17-32(18-15-22)19-20-34-27-9-4-3-7-25(27)30/h3-13,16,22,28H,2,14-15,17-21H2,1H3. The monoisotopic (exact) mass is 481 g/mol. The van der Waals surface area contributed by atoms with Crippen LogP contribution in [0.2, 0.25) is 5.02 Å². The van der Waals surface area contributed by atoms with Gasteiger partial charge in [-0.05, 0) is 80.4 Å². The Morgan fingerprint density at radius 2 is 1.79 bits per heavy atom. The zero-order chi connectivity index (χ0) is 23.8. The summed E-state index contributed by atoms with van der Waals surface area (Å²) in [5.41, 5.74) is 2.28. The number of hydrogen-bond acceptors (Lipinski definition) is 4. The fourth-order valence-corrected chi connectivity index (χ4v) is 4.87. The van der Waals surface area contributed by atoms with Gasteiger partial charge in [-0.2, -0.15) is 0 Å². The average Bonchev–Trinajstić information content (AvgIpc) is 2.87. The molecule has 34 heavy (non-hydrogen) atoms. The number of benzene rings is 2. The number of piperidine rings is 1. The van der Waals surface area contributed by atoms with Crippen LogP contribution in [0.5, 0.6) is 5.75 Å². The fourth-order valence-electron chi connectivity index (χ4n) is 4.74. The van der Waals surface area contributed by atoms with Crippen LogP contribution in [0.4, 0.5) is 4.39 Å². The van der Waals surface area contributed by atoms with E-state index in [0.717, 1.165) is 56.3 Å². The van der Waals surface area contributed by atoms with E-state index >= 15 is 0 Å². The van der Waals surface area contributed by atoms with Gasteiger partial charge in [0.25, 0.3) is 0 Å². The van der Waals surface area contributed by atoms with Crippen molar-refractivity contribution < 1.29 is 9.13 Å². The summed E-state index contributed by atoms with van der Waals surface area (Å²) < 4.78 is 19.4. The van der Waals surface area contributed by atoms with E-state index in [0.29, 0.717) is 18.3 Å². The van der Waals surface area contributed by atoms with Crippen LogP contribution in [0, 0.1) is 11.7 Å². The molecule has 0 amide bonds. The molecule has 2 heterocycles. The first-order chi connectivity index (χ1) is 16.6. The number of pyridine rings is 1. The summed E-state index contributed by atoms with van der Waals surface area (Å²) in [6.45, 7) is 7.60. The zero-order valence-corrected chi connectivity index (χ0v) is 20.5. The molecule has 0 radical (unpaired) electrons. The van der Waals surface area contributed by atoms with Gasteiger partial charge in [-0.1, -0.05) is 48.9 Å². The SMILES string of the molecule is CCN(CC1CCN(CCOc2ccccc2F)CC1)C(c1ccc(Cl)cc1)c1ccccn1. The average molecular weight is 482 g/mol. The quantitative estimate of drug-likeness (QED) is 0.351. The van der Waals surface area contributed by atoms with Gasteiger partial charge in [0.15, 0.2) is 11.6 Å². The largest absolute Gasteiger partial charge is 0.489 e. The number of halogens is 2. The summed E-state index contributed by atoms with van der Waals surface area (Å²) >= 11 is 6.16. The minimum Gasteiger partial charge on any atom is -0.489 e. The molecule has 0 N–H and O–H groups in total. The van der Waals surface area contributed by atoms with E-state index in [1.54, 1.807) is 18.2 Å². The molecule has 4 nitrogen and oxygen atoms in total. The van der Waals surface area contributed by atoms with Crippen molar-refractivity contribution in [1.82, 2.24) is 14.8 Å². The van der Waals surface area contributed by atoms with Crippen LogP contribution < -0.4 is 4.74 Å². The van der Waals surface area contributed by atoms with E-state index in [1.165, 1.54) is 11.6 Å². The van der Waals surface area contributed by atoms with Crippen LogP contribution in [-0.2, 0) is 0 Å². The van der Waals surface area contributed by atoms with E-state index in [1.807, 2.05) is 24.4 Å². The van der Waals surface area contributed by atoms with Crippen LogP contribution >= 0.6 is 11.6 Å². The Kier molecular flexibility index (Phi) is 8.91. The van der Waals surface area contributed by atoms with Gasteiger partial charge >= 0.3 is 0 Å². The second-order valence-electron chi connectivity index (χ2n) is 8.86. The van der Waals surface area contributed by atoms with Gasteiger partial charge in [0, 0.05) is 24.3 Å². The minimum absolute atomic E-state index is 0.107. The number of para-hydroxylation sites is 1. The Balaban J connectivity index is 1.33. The van der Waals surface area contributed by atoms with Gasteiger partial charge in [0.1, 0.15) is 6.61 Å². The smallest absolute Gasteiger partial charge is 0.165 e. The summed E-state index contributed by atoms with van der Waals surface area (Å²) in [4.78, 5) is 9.65. The fraction of sp³-hybridized carbons (Fsp3) is 0.393. The number of likely N-dealkylation sites (tertiary alicyclic amines) is 1. The molecule has 0 saturated carbocycles. The summed E-state index contributed by atoms with van der Waals surface area (Å²) in [5, 5.41) is 0.748. The van der Waals surface area contributed by atoms with Crippen LogP contribution in [0.15, 0.2) is 72.9 Å². The Bertz CT molecular complexity index is 1010. The van der Waals surface area contributed by atoms with Crippen molar-refractivity contribution in [3.8, 4) is 5.75 Å². The number of ether oxygens (including phenoxy) is 1. The predicted molar refractivity (Wildman–Crippen MR) is 136 cm³/mol. The lowest BCUT2D eigenvalue weighted by Gasteiger charge is -2.37. The molecule has 2 aromatic carbocycles. The molecule has 6 heteroatoms. The molecule has 1 aliphatic heterocycles. The lowest BCUT2D eigenvalue weighted by molar-refractivity contribution is 0.118. The van der Waals surface area contributed by atoms with Gasteiger partial charge in [-0.15, -0.1) is 0 Å². The van der Waals surface area contributed by atoms with E-state index in [4.69, 9.17) is 21.3 Å². The van der Waals surface area contributed by atoms with Crippen molar-refractivity contribution >= 4 is 11.6 Å². The topological polar surface area (TPSA) is 28.6 Å². The van der Waals surface area contributed by atoms with Crippen molar-refractivity contribution in [3.63, 3.8) is 0 Å². The van der Waals surface area contributed by atoms with Crippen LogP contribution in [-0.4, -0.2) is 54.1 Å². The molecule has 1 aromatic heterocycles. The highest BCUT2D eigenvalue weighted by molar-refractivity contribution is 6.30. The second kappa shape index (κ2) is 12.3. The maximum atomic E-state index is 13.7. The highest BCUT2D eigenvalue weighted by Crippen LogP contribution is 2.30. The zero-order valence-electron chi connectivity index (χ0n) is 19.7. The Labute approximate surface area is 207 Å². The summed E-state index contributed by atoms with van der Waals surface area (Å²) in [7, 11) is 0. The van der Waals surface area contributed by atoms with E-state index in [2.05, 4.69) is 41.0 Å². The van der Waals surface area contributed by atoms with Crippen LogP contribution in [0.25, 0.3) is 0 Å². The van der Waals surface area contributed by atoms with Gasteiger partial charge in [0.05, 0.1) is 11.7 Å². The highest BCUT2D eigenvalue weighted by atomic mass is 35.5. The van der Waals surface area contributed by atoms with Gasteiger partial charge in [0.2, 0.25) is 0 Å². The molecular formula is C28H33ClFN3O. The van der Waals surface area contributed by atoms with E-state index < -0.39 is 0 Å². The van der Waals surface area contributed by atoms with Crippen molar-refractivity contribution in [2.75, 3.05) is 39.3 Å². The first kappa shape index (κ1) is 24.6. The third-order valence-electron chi connectivity index (χ3n) is 6.63. The molecule has 0 spiro atoms. The van der Waals surface area contributed by atoms with Crippen molar-refractivity contribution in [2.45, 2.75) is 25.8 Å². The first-order valence-corrected chi connectivity index (χ1v) is 12.5. The maximum Gasteiger partial charge on any atom is 0.165 e. The van der Waals surface area contributed by atoms with Crippen molar-refractivity contribution in [3.05, 3.63) is 95.0 Å². The van der Waals surface area contributed by atoms with Crippen LogP contribution in [0.3, 0.4) is 0 Å². The number of hydrogen-bond donors (Lipinski definition) is 0. The molecule has 0 aliphatic carbocycles. The second-order valence-corrected chi connectivity index (χ2v) is 9.30.